The number of allylic oxidation sites excluding steroid dienone is 7. The molecule has 0 aliphatic carbocycles. The minimum absolute atomic E-state index is 0.0366. The van der Waals surface area contributed by atoms with E-state index in [9.17, 15) is 24.2 Å². The molecule has 0 aromatic carbocycles. The van der Waals surface area contributed by atoms with Crippen molar-refractivity contribution in [1.82, 2.24) is 0 Å². The maximum absolute atomic E-state index is 12.5. The number of rotatable bonds is 39. The number of hydrogen-bond donors (Lipinski definition) is 3. The van der Waals surface area contributed by atoms with E-state index in [-0.39, 0.29) is 38.7 Å². The van der Waals surface area contributed by atoms with Gasteiger partial charge >= 0.3 is 19.8 Å². The summed E-state index contributed by atoms with van der Waals surface area (Å²) >= 11 is 0. The van der Waals surface area contributed by atoms with Crippen LogP contribution in [0.1, 0.15) is 174 Å². The predicted octanol–water partition coefficient (Wildman–Crippen LogP) is 10.9. The molecule has 0 aromatic rings. The molecule has 1 unspecified atom stereocenters. The monoisotopic (exact) mass is 784 g/mol. The Morgan fingerprint density at radius 3 is 1.80 bits per heavy atom. The van der Waals surface area contributed by atoms with Gasteiger partial charge in [-0.15, -0.1) is 0 Å². The third-order valence-electron chi connectivity index (χ3n) is 8.82. The number of phosphoric acid groups is 1. The molecule has 0 saturated carbocycles. The highest BCUT2D eigenvalue weighted by atomic mass is 31.2. The molecule has 3 atom stereocenters. The van der Waals surface area contributed by atoms with E-state index >= 15 is 0 Å². The van der Waals surface area contributed by atoms with Crippen LogP contribution in [0.3, 0.4) is 0 Å². The summed E-state index contributed by atoms with van der Waals surface area (Å²) < 4.78 is 32.7. The van der Waals surface area contributed by atoms with Crippen LogP contribution in [-0.2, 0) is 32.7 Å². The molecule has 0 aromatic heterocycles. The van der Waals surface area contributed by atoms with Gasteiger partial charge in [0.15, 0.2) is 6.10 Å². The molecule has 0 radical (unpaired) electrons. The van der Waals surface area contributed by atoms with Gasteiger partial charge < -0.3 is 25.2 Å². The van der Waals surface area contributed by atoms with E-state index in [1.165, 1.54) is 77.0 Å². The van der Waals surface area contributed by atoms with Gasteiger partial charge in [0, 0.05) is 19.4 Å². The van der Waals surface area contributed by atoms with Crippen molar-refractivity contribution >= 4 is 19.8 Å². The van der Waals surface area contributed by atoms with E-state index < -0.39 is 32.5 Å². The van der Waals surface area contributed by atoms with Crippen LogP contribution < -0.4 is 5.73 Å². The van der Waals surface area contributed by atoms with Crippen molar-refractivity contribution in [1.29, 1.82) is 0 Å². The summed E-state index contributed by atoms with van der Waals surface area (Å²) in [4.78, 5) is 34.8. The van der Waals surface area contributed by atoms with E-state index in [0.717, 1.165) is 57.8 Å². The second kappa shape index (κ2) is 39.2. The van der Waals surface area contributed by atoms with Crippen molar-refractivity contribution in [2.75, 3.05) is 26.4 Å². The number of hydrogen-bond acceptors (Lipinski definition) is 9. The van der Waals surface area contributed by atoms with Crippen LogP contribution in [0.5, 0.6) is 0 Å². The van der Waals surface area contributed by atoms with Gasteiger partial charge in [0.2, 0.25) is 0 Å². The molecular formula is C43H78NO9P. The van der Waals surface area contributed by atoms with Crippen LogP contribution in [0, 0.1) is 0 Å². The maximum Gasteiger partial charge on any atom is 0.472 e. The number of esters is 2. The fourth-order valence-electron chi connectivity index (χ4n) is 5.62. The summed E-state index contributed by atoms with van der Waals surface area (Å²) in [5.41, 5.74) is 5.33. The second-order valence-electron chi connectivity index (χ2n) is 14.1. The Morgan fingerprint density at radius 2 is 1.19 bits per heavy atom. The molecule has 0 aliphatic rings. The molecule has 0 fully saturated rings. The number of nitrogens with two attached hydrogens (primary N) is 1. The standard InChI is InChI=1S/C43H78NO9P/c1-3-5-7-8-9-10-11-12-13-14-17-20-23-26-30-34-42(46)50-38-41(39-52-54(48,49)51-37-36-44)53-43(47)35-31-27-24-21-18-15-16-19-22-25-29-33-40(45)32-28-6-4-2/h15-16,21-22,24-25,29,33,40-41,45H,3-14,17-20,23,26-28,30-32,34-39,44H2,1-2H3,(H,48,49)/b16-15+,24-21+,25-22+,33-29+/t40-,41+/m0/s1. The van der Waals surface area contributed by atoms with Gasteiger partial charge in [-0.2, -0.15) is 0 Å². The van der Waals surface area contributed by atoms with Gasteiger partial charge in [0.05, 0.1) is 19.3 Å². The van der Waals surface area contributed by atoms with Crippen molar-refractivity contribution in [2.45, 2.75) is 187 Å². The molecular weight excluding hydrogens is 705 g/mol. The zero-order chi connectivity index (χ0) is 39.8. The van der Waals surface area contributed by atoms with E-state index in [2.05, 4.69) is 26.0 Å². The van der Waals surface area contributed by atoms with Gasteiger partial charge in [-0.25, -0.2) is 4.57 Å². The number of aliphatic hydroxyl groups excluding tert-OH is 1. The van der Waals surface area contributed by atoms with Gasteiger partial charge in [0.1, 0.15) is 6.61 Å². The first-order chi connectivity index (χ1) is 26.2. The van der Waals surface area contributed by atoms with Gasteiger partial charge in [0.25, 0.3) is 0 Å². The summed E-state index contributed by atoms with van der Waals surface area (Å²) in [5, 5.41) is 9.89. The normalized spacial score (nSPS) is 14.4. The van der Waals surface area contributed by atoms with E-state index in [1.54, 1.807) is 0 Å². The number of aliphatic hydroxyl groups is 1. The van der Waals surface area contributed by atoms with Crippen LogP contribution in [0.15, 0.2) is 48.6 Å². The molecule has 0 spiro atoms. The van der Waals surface area contributed by atoms with Gasteiger partial charge in [-0.05, 0) is 38.5 Å². The van der Waals surface area contributed by atoms with Gasteiger partial charge in [-0.3, -0.25) is 18.6 Å². The molecule has 314 valence electrons. The lowest BCUT2D eigenvalue weighted by atomic mass is 10.0. The average Bonchev–Trinajstić information content (AvgIpc) is 3.15. The van der Waals surface area contributed by atoms with Crippen molar-refractivity contribution < 1.29 is 42.7 Å². The highest BCUT2D eigenvalue weighted by Gasteiger charge is 2.25. The van der Waals surface area contributed by atoms with Crippen LogP contribution in [0.2, 0.25) is 0 Å². The summed E-state index contributed by atoms with van der Waals surface area (Å²) in [7, 11) is -4.40. The third-order valence-corrected chi connectivity index (χ3v) is 9.81. The first-order valence-corrected chi connectivity index (χ1v) is 22.7. The topological polar surface area (TPSA) is 155 Å². The molecule has 0 rings (SSSR count). The fraction of sp³-hybridized carbons (Fsp3) is 0.767. The van der Waals surface area contributed by atoms with Crippen molar-refractivity contribution in [3.63, 3.8) is 0 Å². The zero-order valence-electron chi connectivity index (χ0n) is 34.1. The number of phosphoric ester groups is 1. The number of carbonyl (C=O) groups is 2. The molecule has 0 bridgehead atoms. The Bertz CT molecular complexity index is 1050. The van der Waals surface area contributed by atoms with Crippen LogP contribution in [0.25, 0.3) is 0 Å². The smallest absolute Gasteiger partial charge is 0.462 e. The first-order valence-electron chi connectivity index (χ1n) is 21.2. The van der Waals surface area contributed by atoms with Gasteiger partial charge in [-0.1, -0.05) is 172 Å². The van der Waals surface area contributed by atoms with E-state index in [0.29, 0.717) is 12.8 Å². The Hall–Kier alpha value is -2.07. The lowest BCUT2D eigenvalue weighted by Crippen LogP contribution is -2.29. The molecule has 0 heterocycles. The summed E-state index contributed by atoms with van der Waals surface area (Å²) in [6.45, 7) is 3.53. The fourth-order valence-corrected chi connectivity index (χ4v) is 6.38. The number of unbranched alkanes of at least 4 members (excludes halogenated alkanes) is 17. The maximum atomic E-state index is 12.5. The minimum Gasteiger partial charge on any atom is -0.462 e. The predicted molar refractivity (Wildman–Crippen MR) is 221 cm³/mol. The zero-order valence-corrected chi connectivity index (χ0v) is 35.0. The average molecular weight is 784 g/mol. The van der Waals surface area contributed by atoms with Crippen molar-refractivity contribution in [3.8, 4) is 0 Å². The largest absolute Gasteiger partial charge is 0.472 e. The van der Waals surface area contributed by atoms with Crippen LogP contribution in [0.4, 0.5) is 0 Å². The number of carbonyl (C=O) groups excluding carboxylic acids is 2. The Morgan fingerprint density at radius 1 is 0.648 bits per heavy atom. The molecule has 4 N–H and O–H groups in total. The summed E-state index contributed by atoms with van der Waals surface area (Å²) in [6.07, 6.45) is 40.4. The molecule has 54 heavy (non-hydrogen) atoms. The Labute approximate surface area is 329 Å². The minimum atomic E-state index is -4.40. The summed E-state index contributed by atoms with van der Waals surface area (Å²) in [5.74, 6) is -0.919. The third kappa shape index (κ3) is 38.2. The highest BCUT2D eigenvalue weighted by molar-refractivity contribution is 7.47. The highest BCUT2D eigenvalue weighted by Crippen LogP contribution is 2.43. The summed E-state index contributed by atoms with van der Waals surface area (Å²) in [6, 6.07) is 0. The molecule has 0 saturated heterocycles. The van der Waals surface area contributed by atoms with E-state index in [4.69, 9.17) is 24.3 Å². The molecule has 0 aliphatic heterocycles. The Kier molecular flexibility index (Phi) is 37.7. The quantitative estimate of drug-likeness (QED) is 0.0180. The first kappa shape index (κ1) is 51.9. The van der Waals surface area contributed by atoms with E-state index in [1.807, 2.05) is 36.5 Å². The number of ether oxygens (including phenoxy) is 2. The lowest BCUT2D eigenvalue weighted by molar-refractivity contribution is -0.161. The second-order valence-corrected chi connectivity index (χ2v) is 15.5. The van der Waals surface area contributed by atoms with Crippen LogP contribution >= 0.6 is 7.82 Å². The van der Waals surface area contributed by atoms with Crippen LogP contribution in [-0.4, -0.2) is 60.5 Å². The van der Waals surface area contributed by atoms with Crippen molar-refractivity contribution in [2.24, 2.45) is 5.73 Å². The SMILES string of the molecule is CCCCCCCCCCCCCCCCCC(=O)OC[C@H](COP(=O)(O)OCCN)OC(=O)CCC/C=C/C/C=C/C/C=C/C=C/[C@@H](O)CCCCC. The van der Waals surface area contributed by atoms with Crippen molar-refractivity contribution in [3.05, 3.63) is 48.6 Å². The Balaban J connectivity index is 4.31. The molecule has 11 heteroatoms. The lowest BCUT2D eigenvalue weighted by Gasteiger charge is -2.19. The molecule has 10 nitrogen and oxygen atoms in total. The molecule has 0 amide bonds.